The molecule has 3 aromatic rings. The molecule has 31 heavy (non-hydrogen) atoms. The number of rotatable bonds is 7. The minimum Gasteiger partial charge on any atom is -0.494 e. The number of benzene rings is 2. The lowest BCUT2D eigenvalue weighted by molar-refractivity contribution is -0.133. The highest BCUT2D eigenvalue weighted by Crippen LogP contribution is 2.19. The van der Waals surface area contributed by atoms with Gasteiger partial charge in [0.2, 0.25) is 17.6 Å². The van der Waals surface area contributed by atoms with Crippen LogP contribution in [0.15, 0.2) is 53.1 Å². The Morgan fingerprint density at radius 2 is 1.90 bits per heavy atom. The van der Waals surface area contributed by atoms with Crippen LogP contribution in [0, 0.1) is 5.82 Å². The van der Waals surface area contributed by atoms with Gasteiger partial charge in [0.1, 0.15) is 0 Å². The first kappa shape index (κ1) is 21.0. The van der Waals surface area contributed by atoms with E-state index >= 15 is 0 Å². The summed E-state index contributed by atoms with van der Waals surface area (Å²) in [5, 5.41) is 3.99. The number of carbonyl (C=O) groups excluding carboxylic acids is 1. The largest absolute Gasteiger partial charge is 0.494 e. The summed E-state index contributed by atoms with van der Waals surface area (Å²) in [5.74, 6) is 0.968. The second-order valence-corrected chi connectivity index (χ2v) is 7.50. The van der Waals surface area contributed by atoms with Crippen LogP contribution in [0.2, 0.25) is 0 Å². The highest BCUT2D eigenvalue weighted by atomic mass is 19.1. The molecule has 0 spiro atoms. The molecule has 1 aliphatic rings. The zero-order chi connectivity index (χ0) is 21.6. The van der Waals surface area contributed by atoms with Crippen LogP contribution in [0.1, 0.15) is 17.9 Å². The Morgan fingerprint density at radius 1 is 1.13 bits per heavy atom. The number of aromatic nitrogens is 2. The Bertz CT molecular complexity index is 1020. The van der Waals surface area contributed by atoms with E-state index in [4.69, 9.17) is 9.26 Å². The van der Waals surface area contributed by atoms with Crippen molar-refractivity contribution in [2.75, 3.05) is 33.3 Å². The van der Waals surface area contributed by atoms with Crippen molar-refractivity contribution in [2.45, 2.75) is 19.4 Å². The molecule has 0 unspecified atom stereocenters. The molecule has 0 bridgehead atoms. The summed E-state index contributed by atoms with van der Waals surface area (Å²) in [6, 6.07) is 14.6. The molecule has 2 heterocycles. The number of carbonyl (C=O) groups is 1. The maximum absolute atomic E-state index is 13.9. The normalized spacial score (nSPS) is 14.6. The van der Waals surface area contributed by atoms with E-state index in [0.29, 0.717) is 44.2 Å². The van der Waals surface area contributed by atoms with Crippen LogP contribution >= 0.6 is 0 Å². The lowest BCUT2D eigenvalue weighted by atomic mass is 10.1. The van der Waals surface area contributed by atoms with Crippen LogP contribution in [-0.4, -0.2) is 59.1 Å². The van der Waals surface area contributed by atoms with E-state index < -0.39 is 0 Å². The van der Waals surface area contributed by atoms with Gasteiger partial charge >= 0.3 is 0 Å². The molecule has 4 rings (SSSR count). The van der Waals surface area contributed by atoms with Crippen molar-refractivity contribution in [3.63, 3.8) is 0 Å². The van der Waals surface area contributed by atoms with E-state index in [0.717, 1.165) is 24.2 Å². The molecule has 0 aliphatic carbocycles. The van der Waals surface area contributed by atoms with Gasteiger partial charge < -0.3 is 14.2 Å². The predicted octanol–water partition coefficient (Wildman–Crippen LogP) is 3.16. The highest BCUT2D eigenvalue weighted by Gasteiger charge is 2.22. The Hall–Kier alpha value is -3.26. The summed E-state index contributed by atoms with van der Waals surface area (Å²) < 4.78 is 24.1. The fourth-order valence-electron chi connectivity index (χ4n) is 3.65. The predicted molar refractivity (Wildman–Crippen MR) is 113 cm³/mol. The third-order valence-corrected chi connectivity index (χ3v) is 5.40. The van der Waals surface area contributed by atoms with Crippen LogP contribution in [0.25, 0.3) is 11.4 Å². The maximum Gasteiger partial charge on any atom is 0.227 e. The molecule has 0 radical (unpaired) electrons. The van der Waals surface area contributed by atoms with E-state index in [9.17, 15) is 9.18 Å². The van der Waals surface area contributed by atoms with E-state index in [-0.39, 0.29) is 17.5 Å². The molecule has 162 valence electrons. The van der Waals surface area contributed by atoms with E-state index in [1.165, 1.54) is 13.2 Å². The van der Waals surface area contributed by atoms with Crippen LogP contribution in [0.4, 0.5) is 4.39 Å². The summed E-state index contributed by atoms with van der Waals surface area (Å²) >= 11 is 0. The monoisotopic (exact) mass is 424 g/mol. The molecule has 1 aliphatic heterocycles. The number of amides is 1. The number of hydrogen-bond donors (Lipinski definition) is 0. The van der Waals surface area contributed by atoms with Crippen molar-refractivity contribution in [3.8, 4) is 17.1 Å². The minimum atomic E-state index is -0.356. The topological polar surface area (TPSA) is 71.7 Å². The smallest absolute Gasteiger partial charge is 0.227 e. The van der Waals surface area contributed by atoms with Crippen molar-refractivity contribution in [3.05, 3.63) is 65.8 Å². The molecule has 0 N–H and O–H groups in total. The first-order valence-electron chi connectivity index (χ1n) is 10.3. The van der Waals surface area contributed by atoms with Gasteiger partial charge in [0, 0.05) is 51.1 Å². The minimum absolute atomic E-state index is 0.0783. The first-order valence-corrected chi connectivity index (χ1v) is 10.3. The standard InChI is InChI=1S/C23H25FN4O3/c1-30-20-8-7-17(15-19(20)24)16-27-11-13-28(14-12-27)22(29)10-9-21-25-23(26-31-21)18-5-3-2-4-6-18/h2-8,15H,9-14,16H2,1H3. The number of piperazine rings is 1. The van der Waals surface area contributed by atoms with E-state index in [2.05, 4.69) is 15.0 Å². The van der Waals surface area contributed by atoms with Gasteiger partial charge in [-0.05, 0) is 17.7 Å². The average molecular weight is 424 g/mol. The van der Waals surface area contributed by atoms with Crippen molar-refractivity contribution in [2.24, 2.45) is 0 Å². The second-order valence-electron chi connectivity index (χ2n) is 7.50. The third kappa shape index (κ3) is 5.27. The summed E-state index contributed by atoms with van der Waals surface area (Å²) in [6.45, 7) is 3.44. The van der Waals surface area contributed by atoms with Crippen LogP contribution < -0.4 is 4.74 Å². The van der Waals surface area contributed by atoms with Crippen LogP contribution in [0.5, 0.6) is 5.75 Å². The van der Waals surface area contributed by atoms with Gasteiger partial charge in [0.25, 0.3) is 0 Å². The molecular formula is C23H25FN4O3. The van der Waals surface area contributed by atoms with Crippen LogP contribution in [-0.2, 0) is 17.8 Å². The molecule has 1 aromatic heterocycles. The quantitative estimate of drug-likeness (QED) is 0.580. The Kier molecular flexibility index (Phi) is 6.57. The summed E-state index contributed by atoms with van der Waals surface area (Å²) in [4.78, 5) is 21.0. The lowest BCUT2D eigenvalue weighted by Gasteiger charge is -2.34. The summed E-state index contributed by atoms with van der Waals surface area (Å²) in [5.41, 5.74) is 1.78. The fourth-order valence-corrected chi connectivity index (χ4v) is 3.65. The maximum atomic E-state index is 13.9. The number of ether oxygens (including phenoxy) is 1. The van der Waals surface area contributed by atoms with Crippen molar-refractivity contribution in [1.29, 1.82) is 0 Å². The molecule has 0 atom stereocenters. The number of hydrogen-bond acceptors (Lipinski definition) is 6. The fraction of sp³-hybridized carbons (Fsp3) is 0.348. The average Bonchev–Trinajstić information content (AvgIpc) is 3.28. The first-order chi connectivity index (χ1) is 15.1. The van der Waals surface area contributed by atoms with Gasteiger partial charge in [-0.15, -0.1) is 0 Å². The lowest BCUT2D eigenvalue weighted by Crippen LogP contribution is -2.48. The summed E-state index contributed by atoms with van der Waals surface area (Å²) in [6.07, 6.45) is 0.754. The van der Waals surface area contributed by atoms with Gasteiger partial charge in [0.05, 0.1) is 7.11 Å². The Labute approximate surface area is 180 Å². The number of halogens is 1. The van der Waals surface area contributed by atoms with E-state index in [1.807, 2.05) is 41.3 Å². The Morgan fingerprint density at radius 3 is 2.61 bits per heavy atom. The van der Waals surface area contributed by atoms with E-state index in [1.54, 1.807) is 6.07 Å². The van der Waals surface area contributed by atoms with Crippen LogP contribution in [0.3, 0.4) is 0 Å². The highest BCUT2D eigenvalue weighted by molar-refractivity contribution is 5.76. The Balaban J connectivity index is 1.23. The molecule has 2 aromatic carbocycles. The number of nitrogens with zero attached hydrogens (tertiary/aromatic N) is 4. The second kappa shape index (κ2) is 9.70. The van der Waals surface area contributed by atoms with Gasteiger partial charge in [-0.2, -0.15) is 4.98 Å². The summed E-state index contributed by atoms with van der Waals surface area (Å²) in [7, 11) is 1.45. The zero-order valence-corrected chi connectivity index (χ0v) is 17.5. The molecular weight excluding hydrogens is 399 g/mol. The zero-order valence-electron chi connectivity index (χ0n) is 17.5. The number of aryl methyl sites for hydroxylation is 1. The molecule has 0 saturated carbocycles. The molecule has 1 amide bonds. The molecule has 1 fully saturated rings. The van der Waals surface area contributed by atoms with Crippen molar-refractivity contribution < 1.29 is 18.4 Å². The van der Waals surface area contributed by atoms with Gasteiger partial charge in [-0.1, -0.05) is 41.6 Å². The molecule has 1 saturated heterocycles. The number of methoxy groups -OCH3 is 1. The van der Waals surface area contributed by atoms with Gasteiger partial charge in [-0.3, -0.25) is 9.69 Å². The third-order valence-electron chi connectivity index (χ3n) is 5.40. The SMILES string of the molecule is COc1ccc(CN2CCN(C(=O)CCc3nc(-c4ccccc4)no3)CC2)cc1F. The van der Waals surface area contributed by atoms with Crippen molar-refractivity contribution >= 4 is 5.91 Å². The van der Waals surface area contributed by atoms with Gasteiger partial charge in [-0.25, -0.2) is 4.39 Å². The van der Waals surface area contributed by atoms with Gasteiger partial charge in [0.15, 0.2) is 11.6 Å². The molecule has 7 nitrogen and oxygen atoms in total. The van der Waals surface area contributed by atoms with Crippen molar-refractivity contribution in [1.82, 2.24) is 19.9 Å². The molecule has 8 heteroatoms.